The predicted octanol–water partition coefficient (Wildman–Crippen LogP) is 0.840. The number of aliphatic hydroxyl groups excluding tert-OH is 1. The minimum Gasteiger partial charge on any atom is -0.390 e. The van der Waals surface area contributed by atoms with Gasteiger partial charge >= 0.3 is 0 Å². The molecule has 0 aliphatic carbocycles. The maximum Gasteiger partial charge on any atom is 0.0834 e. The molecule has 1 atom stereocenters. The molecule has 0 aliphatic heterocycles. The second kappa shape index (κ2) is 6.71. The molecule has 0 fully saturated rings. The summed E-state index contributed by atoms with van der Waals surface area (Å²) in [5, 5.41) is 12.2. The van der Waals surface area contributed by atoms with E-state index in [1.165, 1.54) is 0 Å². The van der Waals surface area contributed by atoms with Crippen LogP contribution in [0, 0.1) is 0 Å². The molecule has 0 saturated heterocycles. The third-order valence-corrected chi connectivity index (χ3v) is 1.59. The number of nitrogens with one attached hydrogen (secondary N) is 1. The molecule has 0 spiro atoms. The molecule has 1 aromatic carbocycles. The van der Waals surface area contributed by atoms with Crippen molar-refractivity contribution in [1.82, 2.24) is 0 Å². The topological polar surface area (TPSA) is 58.3 Å². The van der Waals surface area contributed by atoms with E-state index in [1.807, 2.05) is 30.3 Å². The molecule has 74 valence electrons. The summed E-state index contributed by atoms with van der Waals surface area (Å²) < 4.78 is 0. The molecule has 0 bridgehead atoms. The van der Waals surface area contributed by atoms with Gasteiger partial charge in [0.05, 0.1) is 6.10 Å². The van der Waals surface area contributed by atoms with E-state index in [9.17, 15) is 0 Å². The first-order chi connectivity index (χ1) is 5.83. The van der Waals surface area contributed by atoms with Crippen molar-refractivity contribution in [3.8, 4) is 0 Å². The molecular formula is C9H15ClN2O. The Morgan fingerprint density at radius 3 is 2.46 bits per heavy atom. The molecule has 1 unspecified atom stereocenters. The Hall–Kier alpha value is -0.770. The molecule has 0 radical (unpaired) electrons. The molecule has 4 heteroatoms. The Morgan fingerprint density at radius 1 is 1.31 bits per heavy atom. The fourth-order valence-electron chi connectivity index (χ4n) is 0.875. The van der Waals surface area contributed by atoms with Gasteiger partial charge in [0.15, 0.2) is 0 Å². The summed E-state index contributed by atoms with van der Waals surface area (Å²) in [6, 6.07) is 9.73. The number of anilines is 1. The van der Waals surface area contributed by atoms with Crippen molar-refractivity contribution in [3.05, 3.63) is 30.3 Å². The first-order valence-corrected chi connectivity index (χ1v) is 4.00. The number of halogens is 1. The van der Waals surface area contributed by atoms with Crippen LogP contribution in [0.1, 0.15) is 0 Å². The van der Waals surface area contributed by atoms with E-state index in [0.717, 1.165) is 5.69 Å². The van der Waals surface area contributed by atoms with E-state index < -0.39 is 6.10 Å². The highest BCUT2D eigenvalue weighted by Crippen LogP contribution is 2.03. The molecule has 0 aliphatic rings. The minimum absolute atomic E-state index is 0. The van der Waals surface area contributed by atoms with E-state index in [0.29, 0.717) is 13.1 Å². The van der Waals surface area contributed by atoms with Crippen LogP contribution in [-0.2, 0) is 0 Å². The second-order valence-corrected chi connectivity index (χ2v) is 2.64. The Kier molecular flexibility index (Phi) is 6.32. The van der Waals surface area contributed by atoms with Gasteiger partial charge in [-0.25, -0.2) is 0 Å². The van der Waals surface area contributed by atoms with Gasteiger partial charge in [-0.2, -0.15) is 0 Å². The summed E-state index contributed by atoms with van der Waals surface area (Å²) in [6.45, 7) is 0.792. The Labute approximate surface area is 84.4 Å². The molecular weight excluding hydrogens is 188 g/mol. The highest BCUT2D eigenvalue weighted by atomic mass is 35.5. The maximum atomic E-state index is 9.13. The quantitative estimate of drug-likeness (QED) is 0.678. The standard InChI is InChI=1S/C9H14N2O.ClH/c10-6-9(12)7-11-8-4-2-1-3-5-8;/h1-5,9,11-12H,6-7,10H2;1H. The van der Waals surface area contributed by atoms with Gasteiger partial charge < -0.3 is 16.2 Å². The van der Waals surface area contributed by atoms with Crippen LogP contribution in [0.5, 0.6) is 0 Å². The number of para-hydroxylation sites is 1. The monoisotopic (exact) mass is 202 g/mol. The highest BCUT2D eigenvalue weighted by molar-refractivity contribution is 5.85. The molecule has 4 N–H and O–H groups in total. The second-order valence-electron chi connectivity index (χ2n) is 2.64. The number of benzene rings is 1. The fraction of sp³-hybridized carbons (Fsp3) is 0.333. The van der Waals surface area contributed by atoms with Crippen LogP contribution in [0.25, 0.3) is 0 Å². The van der Waals surface area contributed by atoms with Crippen molar-refractivity contribution < 1.29 is 5.11 Å². The van der Waals surface area contributed by atoms with Crippen molar-refractivity contribution in [1.29, 1.82) is 0 Å². The zero-order chi connectivity index (χ0) is 8.81. The largest absolute Gasteiger partial charge is 0.390 e. The molecule has 1 aromatic rings. The zero-order valence-corrected chi connectivity index (χ0v) is 8.13. The lowest BCUT2D eigenvalue weighted by Gasteiger charge is -2.09. The summed E-state index contributed by atoms with van der Waals surface area (Å²) in [4.78, 5) is 0. The normalized spacial score (nSPS) is 11.5. The van der Waals surface area contributed by atoms with E-state index >= 15 is 0 Å². The summed E-state index contributed by atoms with van der Waals surface area (Å²) in [6.07, 6.45) is -0.467. The van der Waals surface area contributed by atoms with E-state index in [4.69, 9.17) is 10.8 Å². The van der Waals surface area contributed by atoms with Gasteiger partial charge in [-0.3, -0.25) is 0 Å². The minimum atomic E-state index is -0.467. The Balaban J connectivity index is 0.00000144. The number of rotatable bonds is 4. The van der Waals surface area contributed by atoms with Crippen LogP contribution in [0.4, 0.5) is 5.69 Å². The third kappa shape index (κ3) is 4.72. The van der Waals surface area contributed by atoms with Gasteiger partial charge in [0.2, 0.25) is 0 Å². The first-order valence-electron chi connectivity index (χ1n) is 4.00. The molecule has 0 aromatic heterocycles. The Bertz CT molecular complexity index is 218. The van der Waals surface area contributed by atoms with Gasteiger partial charge in [0, 0.05) is 18.8 Å². The highest BCUT2D eigenvalue weighted by Gasteiger charge is 1.98. The lowest BCUT2D eigenvalue weighted by Crippen LogP contribution is -2.27. The van der Waals surface area contributed by atoms with Crippen molar-refractivity contribution in [2.24, 2.45) is 5.73 Å². The number of hydrogen-bond acceptors (Lipinski definition) is 3. The van der Waals surface area contributed by atoms with Crippen LogP contribution < -0.4 is 11.1 Å². The van der Waals surface area contributed by atoms with Crippen LogP contribution in [0.3, 0.4) is 0 Å². The Morgan fingerprint density at radius 2 is 1.92 bits per heavy atom. The zero-order valence-electron chi connectivity index (χ0n) is 7.31. The SMILES string of the molecule is Cl.NCC(O)CNc1ccccc1. The van der Waals surface area contributed by atoms with Crippen molar-refractivity contribution in [3.63, 3.8) is 0 Å². The van der Waals surface area contributed by atoms with E-state index in [1.54, 1.807) is 0 Å². The third-order valence-electron chi connectivity index (χ3n) is 1.59. The number of nitrogens with two attached hydrogens (primary N) is 1. The predicted molar refractivity (Wildman–Crippen MR) is 57.2 cm³/mol. The van der Waals surface area contributed by atoms with Crippen LogP contribution in [-0.4, -0.2) is 24.3 Å². The molecule has 0 saturated carbocycles. The van der Waals surface area contributed by atoms with Crippen LogP contribution in [0.2, 0.25) is 0 Å². The molecule has 1 rings (SSSR count). The van der Waals surface area contributed by atoms with Crippen LogP contribution >= 0.6 is 12.4 Å². The lowest BCUT2D eigenvalue weighted by molar-refractivity contribution is 0.196. The van der Waals surface area contributed by atoms with E-state index in [-0.39, 0.29) is 12.4 Å². The molecule has 0 amide bonds. The van der Waals surface area contributed by atoms with Crippen molar-refractivity contribution in [2.45, 2.75) is 6.10 Å². The van der Waals surface area contributed by atoms with Gasteiger partial charge in [-0.15, -0.1) is 12.4 Å². The molecule has 0 heterocycles. The number of hydrogen-bond donors (Lipinski definition) is 3. The first kappa shape index (κ1) is 12.2. The van der Waals surface area contributed by atoms with Crippen LogP contribution in [0.15, 0.2) is 30.3 Å². The summed E-state index contributed by atoms with van der Waals surface area (Å²) in [5.41, 5.74) is 6.25. The van der Waals surface area contributed by atoms with Gasteiger partial charge in [0.1, 0.15) is 0 Å². The van der Waals surface area contributed by atoms with E-state index in [2.05, 4.69) is 5.32 Å². The summed E-state index contributed by atoms with van der Waals surface area (Å²) in [7, 11) is 0. The fourth-order valence-corrected chi connectivity index (χ4v) is 0.875. The average Bonchev–Trinajstić information content (AvgIpc) is 2.16. The lowest BCUT2D eigenvalue weighted by atomic mass is 10.3. The van der Waals surface area contributed by atoms with Gasteiger partial charge in [-0.05, 0) is 12.1 Å². The van der Waals surface area contributed by atoms with Gasteiger partial charge in [-0.1, -0.05) is 18.2 Å². The maximum absolute atomic E-state index is 9.13. The summed E-state index contributed by atoms with van der Waals surface area (Å²) in [5.74, 6) is 0. The average molecular weight is 203 g/mol. The molecule has 13 heavy (non-hydrogen) atoms. The van der Waals surface area contributed by atoms with Crippen molar-refractivity contribution >= 4 is 18.1 Å². The smallest absolute Gasteiger partial charge is 0.0834 e. The summed E-state index contributed by atoms with van der Waals surface area (Å²) >= 11 is 0. The number of aliphatic hydroxyl groups is 1. The van der Waals surface area contributed by atoms with Crippen molar-refractivity contribution in [2.75, 3.05) is 18.4 Å². The molecule has 3 nitrogen and oxygen atoms in total. The van der Waals surface area contributed by atoms with Gasteiger partial charge in [0.25, 0.3) is 0 Å².